The predicted octanol–water partition coefficient (Wildman–Crippen LogP) is 4.59. The van der Waals surface area contributed by atoms with Gasteiger partial charge in [-0.2, -0.15) is 0 Å². The molecule has 29 heavy (non-hydrogen) atoms. The van der Waals surface area contributed by atoms with Crippen LogP contribution in [0.5, 0.6) is 0 Å². The van der Waals surface area contributed by atoms with Crippen LogP contribution in [0.15, 0.2) is 47.4 Å². The van der Waals surface area contributed by atoms with E-state index in [0.29, 0.717) is 6.04 Å². The molecule has 0 saturated heterocycles. The third kappa shape index (κ3) is 4.63. The smallest absolute Gasteiger partial charge is 0.168 e. The van der Waals surface area contributed by atoms with Gasteiger partial charge in [-0.25, -0.2) is 0 Å². The highest BCUT2D eigenvalue weighted by atomic mass is 16.1. The minimum atomic E-state index is -0.234. The number of benzene rings is 1. The first-order chi connectivity index (χ1) is 14.0. The second-order valence-electron chi connectivity index (χ2n) is 8.23. The molecule has 4 rings (SSSR count). The van der Waals surface area contributed by atoms with Gasteiger partial charge in [0, 0.05) is 35.1 Å². The summed E-state index contributed by atoms with van der Waals surface area (Å²) < 4.78 is 0. The molecule has 3 aliphatic rings. The standard InChI is InChI=1S/C23H28N2O2.C2H6/c1-14-7-9-16(10-8-14)11-18-19(25-17-5-3-4-6-17)13-24-23-15(2)20(26)12-21(27)22(18)23;1-2/h7-10,13,15,17-18,24-25H,3-6,11-12H2,1-2H3;1-2H3. The van der Waals surface area contributed by atoms with E-state index in [2.05, 4.69) is 41.8 Å². The Morgan fingerprint density at radius 1 is 1.07 bits per heavy atom. The molecule has 2 atom stereocenters. The summed E-state index contributed by atoms with van der Waals surface area (Å²) in [5.41, 5.74) is 5.17. The third-order valence-corrected chi connectivity index (χ3v) is 6.23. The summed E-state index contributed by atoms with van der Waals surface area (Å²) in [6.07, 6.45) is 7.70. The van der Waals surface area contributed by atoms with Crippen molar-refractivity contribution in [3.63, 3.8) is 0 Å². The van der Waals surface area contributed by atoms with Crippen molar-refractivity contribution in [1.29, 1.82) is 0 Å². The molecule has 0 aromatic heterocycles. The van der Waals surface area contributed by atoms with Gasteiger partial charge in [0.1, 0.15) is 5.78 Å². The number of allylic oxidation sites excluding steroid dienone is 2. The van der Waals surface area contributed by atoms with Gasteiger partial charge < -0.3 is 10.6 Å². The molecule has 2 N–H and O–H groups in total. The number of carbonyl (C=O) groups excluding carboxylic acids is 2. The van der Waals surface area contributed by atoms with E-state index < -0.39 is 0 Å². The van der Waals surface area contributed by atoms with E-state index in [-0.39, 0.29) is 29.8 Å². The van der Waals surface area contributed by atoms with Crippen LogP contribution in [0.1, 0.15) is 64.0 Å². The van der Waals surface area contributed by atoms with Crippen molar-refractivity contribution < 1.29 is 9.59 Å². The van der Waals surface area contributed by atoms with E-state index in [1.165, 1.54) is 36.8 Å². The topological polar surface area (TPSA) is 58.2 Å². The Balaban J connectivity index is 0.00000117. The van der Waals surface area contributed by atoms with Gasteiger partial charge in [-0.05, 0) is 38.7 Å². The second kappa shape index (κ2) is 9.43. The van der Waals surface area contributed by atoms with E-state index in [1.807, 2.05) is 27.0 Å². The molecule has 1 heterocycles. The molecule has 2 unspecified atom stereocenters. The van der Waals surface area contributed by atoms with Gasteiger partial charge in [0.05, 0.1) is 12.3 Å². The molecular formula is C25H34N2O2. The van der Waals surface area contributed by atoms with Crippen molar-refractivity contribution in [1.82, 2.24) is 10.6 Å². The Kier molecular flexibility index (Phi) is 6.94. The molecule has 4 nitrogen and oxygen atoms in total. The molecule has 1 fully saturated rings. The Bertz CT molecular complexity index is 814. The number of carbonyl (C=O) groups is 2. The van der Waals surface area contributed by atoms with E-state index in [1.54, 1.807) is 0 Å². The molecule has 156 valence electrons. The zero-order valence-corrected chi connectivity index (χ0v) is 18.2. The van der Waals surface area contributed by atoms with Crippen LogP contribution < -0.4 is 10.6 Å². The number of hydrogen-bond donors (Lipinski definition) is 2. The van der Waals surface area contributed by atoms with Gasteiger partial charge in [0.25, 0.3) is 0 Å². The Hall–Kier alpha value is -2.36. The van der Waals surface area contributed by atoms with E-state index >= 15 is 0 Å². The number of aryl methyl sites for hydroxylation is 1. The monoisotopic (exact) mass is 394 g/mol. The van der Waals surface area contributed by atoms with Crippen LogP contribution in [0.2, 0.25) is 0 Å². The normalized spacial score (nSPS) is 24.3. The summed E-state index contributed by atoms with van der Waals surface area (Å²) in [4.78, 5) is 25.0. The van der Waals surface area contributed by atoms with Crippen molar-refractivity contribution in [3.8, 4) is 0 Å². The maximum absolute atomic E-state index is 12.8. The quantitative estimate of drug-likeness (QED) is 0.734. The SMILES string of the molecule is CC.Cc1ccc(CC2C(NC3CCCC3)=CNC3=C2C(=O)CC(=O)C3C)cc1. The third-order valence-electron chi connectivity index (χ3n) is 6.23. The van der Waals surface area contributed by atoms with Crippen LogP contribution in [0, 0.1) is 18.8 Å². The maximum atomic E-state index is 12.8. The zero-order chi connectivity index (χ0) is 21.0. The summed E-state index contributed by atoms with van der Waals surface area (Å²) in [5, 5.41) is 7.00. The fourth-order valence-electron chi connectivity index (χ4n) is 4.57. The fraction of sp³-hybridized carbons (Fsp3) is 0.520. The molecular weight excluding hydrogens is 360 g/mol. The minimum Gasteiger partial charge on any atom is -0.384 e. The number of Topliss-reactive ketones (excluding diaryl/α,β-unsaturated/α-hetero) is 2. The number of nitrogens with one attached hydrogen (secondary N) is 2. The first-order valence-corrected chi connectivity index (χ1v) is 11.1. The first-order valence-electron chi connectivity index (χ1n) is 11.1. The van der Waals surface area contributed by atoms with Crippen molar-refractivity contribution in [3.05, 3.63) is 58.6 Å². The summed E-state index contributed by atoms with van der Waals surface area (Å²) >= 11 is 0. The zero-order valence-electron chi connectivity index (χ0n) is 18.2. The molecule has 0 amide bonds. The van der Waals surface area contributed by atoms with Gasteiger partial charge in [-0.1, -0.05) is 56.5 Å². The summed E-state index contributed by atoms with van der Waals surface area (Å²) in [6.45, 7) is 7.99. The lowest BCUT2D eigenvalue weighted by Gasteiger charge is -2.36. The van der Waals surface area contributed by atoms with E-state index in [4.69, 9.17) is 0 Å². The summed E-state index contributed by atoms with van der Waals surface area (Å²) in [6, 6.07) is 9.01. The number of ketones is 2. The molecule has 1 aliphatic heterocycles. The Morgan fingerprint density at radius 2 is 1.72 bits per heavy atom. The Labute approximate surface area is 174 Å². The van der Waals surface area contributed by atoms with Crippen LogP contribution in [-0.2, 0) is 16.0 Å². The van der Waals surface area contributed by atoms with Crippen LogP contribution in [0.3, 0.4) is 0 Å². The molecule has 1 aromatic rings. The maximum Gasteiger partial charge on any atom is 0.168 e. The van der Waals surface area contributed by atoms with Crippen LogP contribution in [0.4, 0.5) is 0 Å². The molecule has 0 bridgehead atoms. The highest BCUT2D eigenvalue weighted by Crippen LogP contribution is 2.37. The van der Waals surface area contributed by atoms with Crippen LogP contribution >= 0.6 is 0 Å². The molecule has 0 spiro atoms. The molecule has 2 aliphatic carbocycles. The first kappa shape index (κ1) is 21.4. The Morgan fingerprint density at radius 3 is 2.38 bits per heavy atom. The molecule has 1 saturated carbocycles. The van der Waals surface area contributed by atoms with Crippen molar-refractivity contribution >= 4 is 11.6 Å². The largest absolute Gasteiger partial charge is 0.384 e. The molecule has 1 aromatic carbocycles. The average molecular weight is 395 g/mol. The highest BCUT2D eigenvalue weighted by molar-refractivity contribution is 6.13. The van der Waals surface area contributed by atoms with Gasteiger partial charge >= 0.3 is 0 Å². The number of rotatable bonds is 4. The van der Waals surface area contributed by atoms with Crippen LogP contribution in [0.25, 0.3) is 0 Å². The lowest BCUT2D eigenvalue weighted by Crippen LogP contribution is -2.42. The number of hydrogen-bond acceptors (Lipinski definition) is 4. The van der Waals surface area contributed by atoms with Crippen molar-refractivity contribution in [2.24, 2.45) is 11.8 Å². The van der Waals surface area contributed by atoms with Gasteiger partial charge in [0.15, 0.2) is 5.78 Å². The van der Waals surface area contributed by atoms with Gasteiger partial charge in [-0.3, -0.25) is 9.59 Å². The highest BCUT2D eigenvalue weighted by Gasteiger charge is 2.39. The number of dihydropyridines is 1. The lowest BCUT2D eigenvalue weighted by atomic mass is 9.75. The van der Waals surface area contributed by atoms with E-state index in [0.717, 1.165) is 23.4 Å². The second-order valence-corrected chi connectivity index (χ2v) is 8.23. The van der Waals surface area contributed by atoms with Gasteiger partial charge in [0.2, 0.25) is 0 Å². The summed E-state index contributed by atoms with van der Waals surface area (Å²) in [7, 11) is 0. The fourth-order valence-corrected chi connectivity index (χ4v) is 4.57. The van der Waals surface area contributed by atoms with Crippen LogP contribution in [-0.4, -0.2) is 17.6 Å². The minimum absolute atomic E-state index is 0.00685. The molecule has 0 radical (unpaired) electrons. The predicted molar refractivity (Wildman–Crippen MR) is 117 cm³/mol. The van der Waals surface area contributed by atoms with Gasteiger partial charge in [-0.15, -0.1) is 0 Å². The lowest BCUT2D eigenvalue weighted by molar-refractivity contribution is -0.128. The summed E-state index contributed by atoms with van der Waals surface area (Å²) in [5.74, 6) is -0.243. The molecule has 4 heteroatoms. The van der Waals surface area contributed by atoms with E-state index in [9.17, 15) is 9.59 Å². The van der Waals surface area contributed by atoms with Crippen molar-refractivity contribution in [2.75, 3.05) is 0 Å². The average Bonchev–Trinajstić information content (AvgIpc) is 3.23. The van der Waals surface area contributed by atoms with Crippen molar-refractivity contribution in [2.45, 2.75) is 72.3 Å².